The second kappa shape index (κ2) is 14.4. The molecule has 10 heteroatoms. The summed E-state index contributed by atoms with van der Waals surface area (Å²) in [7, 11) is 0. The molecule has 0 bridgehead atoms. The number of carbonyl (C=O) groups is 2. The van der Waals surface area contributed by atoms with Crippen molar-refractivity contribution in [2.24, 2.45) is 0 Å². The molecule has 2 N–H and O–H groups in total. The first kappa shape index (κ1) is 31.0. The molecule has 0 aliphatic carbocycles. The smallest absolute Gasteiger partial charge is 0.306 e. The number of aromatic amines is 1. The number of anilines is 1. The molecule has 3 heterocycles. The molecule has 1 amide bonds. The van der Waals surface area contributed by atoms with E-state index in [1.807, 2.05) is 51.1 Å². The van der Waals surface area contributed by atoms with Gasteiger partial charge in [0.15, 0.2) is 5.65 Å². The topological polar surface area (TPSA) is 123 Å². The Labute approximate surface area is 261 Å². The number of aryl methyl sites for hydroxylation is 3. The van der Waals surface area contributed by atoms with E-state index in [2.05, 4.69) is 67.1 Å². The van der Waals surface area contributed by atoms with Crippen molar-refractivity contribution in [1.29, 1.82) is 0 Å². The summed E-state index contributed by atoms with van der Waals surface area (Å²) in [4.78, 5) is 28.1. The fourth-order valence-corrected chi connectivity index (χ4v) is 5.73. The number of unbranched alkanes of at least 4 members (excludes halogenated alkanes) is 1. The number of H-pyrrole nitrogens is 1. The van der Waals surface area contributed by atoms with Crippen molar-refractivity contribution >= 4 is 39.4 Å². The molecular formula is C34H38N6O3S. The average molecular weight is 611 g/mol. The number of benzene rings is 2. The van der Waals surface area contributed by atoms with Crippen molar-refractivity contribution in [3.8, 4) is 0 Å². The molecule has 0 saturated carbocycles. The molecule has 228 valence electrons. The minimum atomic E-state index is -0.497. The maximum absolute atomic E-state index is 12.7. The van der Waals surface area contributed by atoms with Crippen LogP contribution in [0.4, 0.5) is 5.13 Å². The van der Waals surface area contributed by atoms with Gasteiger partial charge in [0.25, 0.3) is 0 Å². The number of carbonyl (C=O) groups excluding carboxylic acids is 2. The van der Waals surface area contributed by atoms with Crippen molar-refractivity contribution in [2.75, 3.05) is 5.32 Å². The molecule has 0 atom stereocenters. The summed E-state index contributed by atoms with van der Waals surface area (Å²) in [6.45, 7) is 5.57. The highest BCUT2D eigenvalue weighted by Gasteiger charge is 2.16. The third-order valence-electron chi connectivity index (χ3n) is 6.90. The first-order valence-electron chi connectivity index (χ1n) is 15.0. The number of esters is 1. The highest BCUT2D eigenvalue weighted by atomic mass is 32.1. The van der Waals surface area contributed by atoms with Crippen LogP contribution in [0.25, 0.3) is 11.0 Å². The highest BCUT2D eigenvalue weighted by Crippen LogP contribution is 2.20. The van der Waals surface area contributed by atoms with Crippen molar-refractivity contribution in [3.63, 3.8) is 0 Å². The lowest BCUT2D eigenvalue weighted by Gasteiger charge is -2.19. The van der Waals surface area contributed by atoms with E-state index in [0.717, 1.165) is 70.7 Å². The molecule has 0 fully saturated rings. The summed E-state index contributed by atoms with van der Waals surface area (Å²) in [6.07, 6.45) is 5.42. The Morgan fingerprint density at radius 3 is 2.43 bits per heavy atom. The summed E-state index contributed by atoms with van der Waals surface area (Å²) in [5.41, 5.74) is 5.54. The van der Waals surface area contributed by atoms with E-state index in [1.54, 1.807) is 0 Å². The van der Waals surface area contributed by atoms with E-state index in [4.69, 9.17) is 4.74 Å². The van der Waals surface area contributed by atoms with Crippen molar-refractivity contribution in [1.82, 2.24) is 25.4 Å². The zero-order chi connectivity index (χ0) is 30.9. The lowest BCUT2D eigenvalue weighted by molar-refractivity contribution is -0.154. The summed E-state index contributed by atoms with van der Waals surface area (Å²) < 4.78 is 5.38. The molecule has 5 aromatic rings. The minimum absolute atomic E-state index is 0.150. The molecule has 0 unspecified atom stereocenters. The first-order chi connectivity index (χ1) is 21.2. The van der Waals surface area contributed by atoms with Crippen LogP contribution < -0.4 is 5.32 Å². The third kappa shape index (κ3) is 9.54. The van der Waals surface area contributed by atoms with Crippen LogP contribution in [0.5, 0.6) is 0 Å². The molecule has 9 nitrogen and oxygen atoms in total. The number of hydrogen-bond acceptors (Lipinski definition) is 8. The SMILES string of the molecule is CC(C)(C)OC(=O)CCc1cccc(CC(=O)Nc2nnc(CCCCc3cc4cc(Cc5ccccc5)[nH]c4nn3)s2)c1. The number of nitrogens with one attached hydrogen (secondary N) is 2. The van der Waals surface area contributed by atoms with E-state index in [0.29, 0.717) is 18.0 Å². The summed E-state index contributed by atoms with van der Waals surface area (Å²) in [5.74, 6) is -0.379. The molecule has 0 spiro atoms. The molecule has 0 aliphatic heterocycles. The van der Waals surface area contributed by atoms with Crippen LogP contribution >= 0.6 is 11.3 Å². The maximum Gasteiger partial charge on any atom is 0.306 e. The fraction of sp³-hybridized carbons (Fsp3) is 0.353. The van der Waals surface area contributed by atoms with Gasteiger partial charge in [0.1, 0.15) is 10.6 Å². The van der Waals surface area contributed by atoms with Crippen LogP contribution in [0.15, 0.2) is 66.7 Å². The van der Waals surface area contributed by atoms with Gasteiger partial charge in [-0.05, 0) is 75.3 Å². The number of hydrogen-bond donors (Lipinski definition) is 2. The van der Waals surface area contributed by atoms with E-state index >= 15 is 0 Å². The predicted molar refractivity (Wildman–Crippen MR) is 173 cm³/mol. The van der Waals surface area contributed by atoms with Crippen LogP contribution in [0.1, 0.15) is 73.1 Å². The van der Waals surface area contributed by atoms with E-state index in [1.165, 1.54) is 16.9 Å². The zero-order valence-electron chi connectivity index (χ0n) is 25.4. The monoisotopic (exact) mass is 610 g/mol. The van der Waals surface area contributed by atoms with Crippen LogP contribution in [0.3, 0.4) is 0 Å². The molecule has 44 heavy (non-hydrogen) atoms. The standard InChI is InChI=1S/C34H38N6O3S/c1-34(2,3)43-31(42)17-16-24-12-9-13-25(18-24)20-29(41)36-33-40-38-30(44-33)15-8-7-14-27-21-26-22-28(35-32(26)39-37-27)19-23-10-5-4-6-11-23/h4-6,9-13,18,21-22H,7-8,14-17,19-20H2,1-3H3,(H,35,39)(H,36,40,41). The second-order valence-corrected chi connectivity index (χ2v) is 13.0. The van der Waals surface area contributed by atoms with Gasteiger partial charge in [-0.2, -0.15) is 5.10 Å². The van der Waals surface area contributed by atoms with Gasteiger partial charge < -0.3 is 15.0 Å². The summed E-state index contributed by atoms with van der Waals surface area (Å²) in [5, 5.41) is 22.5. The first-order valence-corrected chi connectivity index (χ1v) is 15.8. The number of amides is 1. The van der Waals surface area contributed by atoms with Crippen LogP contribution in [-0.4, -0.2) is 42.9 Å². The number of rotatable bonds is 13. The van der Waals surface area contributed by atoms with Crippen LogP contribution in [0.2, 0.25) is 0 Å². The summed E-state index contributed by atoms with van der Waals surface area (Å²) in [6, 6.07) is 22.4. The number of fused-ring (bicyclic) bond motifs is 1. The van der Waals surface area contributed by atoms with Gasteiger partial charge in [0.05, 0.1) is 12.1 Å². The number of ether oxygens (including phenoxy) is 1. The van der Waals surface area contributed by atoms with Gasteiger partial charge in [-0.15, -0.1) is 15.3 Å². The molecule has 5 rings (SSSR count). The van der Waals surface area contributed by atoms with Crippen molar-refractivity contribution < 1.29 is 14.3 Å². The number of aromatic nitrogens is 5. The van der Waals surface area contributed by atoms with Crippen molar-refractivity contribution in [2.45, 2.75) is 77.7 Å². The quantitative estimate of drug-likeness (QED) is 0.116. The van der Waals surface area contributed by atoms with E-state index in [-0.39, 0.29) is 18.3 Å². The second-order valence-electron chi connectivity index (χ2n) is 11.9. The average Bonchev–Trinajstić information content (AvgIpc) is 3.59. The Bertz CT molecular complexity index is 1710. The molecule has 0 aliphatic rings. The largest absolute Gasteiger partial charge is 0.460 e. The highest BCUT2D eigenvalue weighted by molar-refractivity contribution is 7.15. The minimum Gasteiger partial charge on any atom is -0.460 e. The summed E-state index contributed by atoms with van der Waals surface area (Å²) >= 11 is 1.40. The Balaban J connectivity index is 1.04. The maximum atomic E-state index is 12.7. The van der Waals surface area contributed by atoms with Crippen LogP contribution in [0, 0.1) is 0 Å². The lowest BCUT2D eigenvalue weighted by atomic mass is 10.0. The third-order valence-corrected chi connectivity index (χ3v) is 7.80. The number of nitrogens with zero attached hydrogens (tertiary/aromatic N) is 4. The lowest BCUT2D eigenvalue weighted by Crippen LogP contribution is -2.24. The predicted octanol–water partition coefficient (Wildman–Crippen LogP) is 6.42. The van der Waals surface area contributed by atoms with Crippen LogP contribution in [-0.2, 0) is 46.4 Å². The van der Waals surface area contributed by atoms with Gasteiger partial charge in [-0.25, -0.2) is 0 Å². The zero-order valence-corrected chi connectivity index (χ0v) is 26.2. The fourth-order valence-electron chi connectivity index (χ4n) is 4.94. The van der Waals surface area contributed by atoms with E-state index in [9.17, 15) is 9.59 Å². The Kier molecular flexibility index (Phi) is 10.1. The van der Waals surface area contributed by atoms with E-state index < -0.39 is 5.60 Å². The Morgan fingerprint density at radius 2 is 1.61 bits per heavy atom. The van der Waals surface area contributed by atoms with Gasteiger partial charge in [-0.1, -0.05) is 65.9 Å². The van der Waals surface area contributed by atoms with Crippen molar-refractivity contribution in [3.05, 3.63) is 99.8 Å². The molecule has 0 radical (unpaired) electrons. The van der Waals surface area contributed by atoms with Gasteiger partial charge in [0, 0.05) is 30.3 Å². The Hall–Kier alpha value is -4.44. The molecular weight excluding hydrogens is 572 g/mol. The molecule has 3 aromatic heterocycles. The van der Waals surface area contributed by atoms with Gasteiger partial charge in [0.2, 0.25) is 11.0 Å². The molecule has 0 saturated heterocycles. The van der Waals surface area contributed by atoms with Gasteiger partial charge >= 0.3 is 5.97 Å². The Morgan fingerprint density at radius 1 is 0.841 bits per heavy atom. The normalized spacial score (nSPS) is 11.5. The van der Waals surface area contributed by atoms with Gasteiger partial charge in [-0.3, -0.25) is 9.59 Å². The molecule has 2 aromatic carbocycles.